The van der Waals surface area contributed by atoms with E-state index in [4.69, 9.17) is 9.15 Å². The zero-order valence-electron chi connectivity index (χ0n) is 14.0. The number of hydrogen-bond donors (Lipinski definition) is 3. The molecule has 0 aliphatic heterocycles. The van der Waals surface area contributed by atoms with Gasteiger partial charge in [0.1, 0.15) is 17.1 Å². The fraction of sp³-hybridized carbons (Fsp3) is 0.158. The van der Waals surface area contributed by atoms with E-state index >= 15 is 0 Å². The van der Waals surface area contributed by atoms with Gasteiger partial charge in [0, 0.05) is 11.6 Å². The summed E-state index contributed by atoms with van der Waals surface area (Å²) >= 11 is 0. The van der Waals surface area contributed by atoms with Crippen molar-refractivity contribution in [2.45, 2.75) is 13.3 Å². The Labute approximate surface area is 148 Å². The average molecular weight is 355 g/mol. The van der Waals surface area contributed by atoms with E-state index in [-0.39, 0.29) is 28.0 Å². The molecule has 0 spiro atoms. The second-order valence-electron chi connectivity index (χ2n) is 5.62. The first-order valence-electron chi connectivity index (χ1n) is 8.02. The normalized spacial score (nSPS) is 10.7. The number of carbonyl (C=O) groups is 1. The van der Waals surface area contributed by atoms with Gasteiger partial charge in [-0.15, -0.1) is 0 Å². The Kier molecular flexibility index (Phi) is 4.79. The van der Waals surface area contributed by atoms with E-state index in [0.717, 1.165) is 6.42 Å². The predicted molar refractivity (Wildman–Crippen MR) is 96.0 cm³/mol. The Hall–Kier alpha value is -3.48. The fourth-order valence-corrected chi connectivity index (χ4v) is 2.42. The highest BCUT2D eigenvalue weighted by molar-refractivity contribution is 6.06. The Morgan fingerprint density at radius 1 is 1.19 bits per heavy atom. The first kappa shape index (κ1) is 17.3. The van der Waals surface area contributed by atoms with Crippen LogP contribution in [0.4, 0.5) is 5.69 Å². The molecule has 7 nitrogen and oxygen atoms in total. The molecular formula is C19H17NO6. The maximum absolute atomic E-state index is 12.4. The Balaban J connectivity index is 1.92. The summed E-state index contributed by atoms with van der Waals surface area (Å²) < 4.78 is 10.5. The topological polar surface area (TPSA) is 109 Å². The van der Waals surface area contributed by atoms with Crippen molar-refractivity contribution in [3.63, 3.8) is 0 Å². The van der Waals surface area contributed by atoms with Crippen LogP contribution < -0.4 is 15.7 Å². The number of anilines is 1. The molecule has 0 unspecified atom stereocenters. The van der Waals surface area contributed by atoms with Crippen LogP contribution in [0.2, 0.25) is 0 Å². The number of hydrogen-bond acceptors (Lipinski definition) is 6. The molecule has 0 atom stereocenters. The van der Waals surface area contributed by atoms with Crippen LogP contribution in [-0.4, -0.2) is 22.7 Å². The van der Waals surface area contributed by atoms with Crippen molar-refractivity contribution in [1.29, 1.82) is 0 Å². The summed E-state index contributed by atoms with van der Waals surface area (Å²) in [6.45, 7) is 2.49. The molecule has 3 N–H and O–H groups in total. The van der Waals surface area contributed by atoms with Gasteiger partial charge in [-0.2, -0.15) is 0 Å². The molecule has 0 radical (unpaired) electrons. The molecule has 0 fully saturated rings. The van der Waals surface area contributed by atoms with Crippen molar-refractivity contribution < 1.29 is 24.2 Å². The summed E-state index contributed by atoms with van der Waals surface area (Å²) in [5, 5.41) is 22.3. The minimum atomic E-state index is -0.924. The van der Waals surface area contributed by atoms with Crippen LogP contribution >= 0.6 is 0 Å². The van der Waals surface area contributed by atoms with E-state index in [2.05, 4.69) is 5.32 Å². The second-order valence-corrected chi connectivity index (χ2v) is 5.62. The lowest BCUT2D eigenvalue weighted by molar-refractivity contribution is 0.102. The number of amides is 1. The van der Waals surface area contributed by atoms with Gasteiger partial charge in [-0.1, -0.05) is 13.0 Å². The molecule has 0 bridgehead atoms. The molecule has 134 valence electrons. The highest BCUT2D eigenvalue weighted by atomic mass is 16.5. The quantitative estimate of drug-likeness (QED) is 0.606. The van der Waals surface area contributed by atoms with Crippen LogP contribution in [0.25, 0.3) is 11.0 Å². The van der Waals surface area contributed by atoms with E-state index in [1.54, 1.807) is 24.3 Å². The highest BCUT2D eigenvalue weighted by Crippen LogP contribution is 2.31. The van der Waals surface area contributed by atoms with Gasteiger partial charge in [0.2, 0.25) is 0 Å². The van der Waals surface area contributed by atoms with Crippen LogP contribution in [0.1, 0.15) is 23.7 Å². The van der Waals surface area contributed by atoms with Crippen molar-refractivity contribution >= 4 is 22.6 Å². The maximum atomic E-state index is 12.4. The summed E-state index contributed by atoms with van der Waals surface area (Å²) in [6, 6.07) is 10.4. The Bertz CT molecular complexity index is 1020. The van der Waals surface area contributed by atoms with Gasteiger partial charge in [0.15, 0.2) is 11.4 Å². The molecule has 1 amide bonds. The van der Waals surface area contributed by atoms with E-state index in [1.807, 2.05) is 6.92 Å². The third-order valence-corrected chi connectivity index (χ3v) is 3.67. The van der Waals surface area contributed by atoms with Crippen LogP contribution in [-0.2, 0) is 0 Å². The molecule has 2 aromatic carbocycles. The Morgan fingerprint density at radius 3 is 2.77 bits per heavy atom. The zero-order valence-corrected chi connectivity index (χ0v) is 14.0. The van der Waals surface area contributed by atoms with Gasteiger partial charge in [0.25, 0.3) is 5.91 Å². The van der Waals surface area contributed by atoms with Gasteiger partial charge in [0.05, 0.1) is 12.0 Å². The van der Waals surface area contributed by atoms with Gasteiger partial charge in [-0.05, 0) is 36.8 Å². The third kappa shape index (κ3) is 3.46. The summed E-state index contributed by atoms with van der Waals surface area (Å²) in [5.41, 5.74) is -1.01. The molecule has 3 rings (SSSR count). The zero-order chi connectivity index (χ0) is 18.7. The number of phenols is 1. The number of phenolic OH excluding ortho intramolecular Hbond substituents is 1. The lowest BCUT2D eigenvalue weighted by Gasteiger charge is -2.09. The van der Waals surface area contributed by atoms with Crippen LogP contribution in [0.15, 0.2) is 51.7 Å². The molecule has 0 aliphatic carbocycles. The van der Waals surface area contributed by atoms with Crippen LogP contribution in [0.5, 0.6) is 17.2 Å². The lowest BCUT2D eigenvalue weighted by Crippen LogP contribution is -2.18. The standard InChI is InChI=1S/C19H17NO6/c1-2-8-25-13-5-3-4-11(9-13)18(23)20-16-17(22)14-7-6-12(21)10-15(14)26-19(16)24/h3-7,9-10,21-22H,2,8H2,1H3,(H,20,23). The largest absolute Gasteiger partial charge is 0.508 e. The fourth-order valence-electron chi connectivity index (χ4n) is 2.42. The molecule has 3 aromatic rings. The number of rotatable bonds is 5. The van der Waals surface area contributed by atoms with Gasteiger partial charge in [-0.25, -0.2) is 4.79 Å². The van der Waals surface area contributed by atoms with Crippen molar-refractivity contribution in [2.24, 2.45) is 0 Å². The minimum Gasteiger partial charge on any atom is -0.508 e. The van der Waals surface area contributed by atoms with Crippen molar-refractivity contribution in [3.8, 4) is 17.2 Å². The number of benzene rings is 2. The highest BCUT2D eigenvalue weighted by Gasteiger charge is 2.18. The molecule has 1 aromatic heterocycles. The minimum absolute atomic E-state index is 0.0143. The molecule has 0 aliphatic rings. The van der Waals surface area contributed by atoms with E-state index in [0.29, 0.717) is 12.4 Å². The van der Waals surface area contributed by atoms with E-state index < -0.39 is 17.3 Å². The monoisotopic (exact) mass is 355 g/mol. The second kappa shape index (κ2) is 7.18. The lowest BCUT2D eigenvalue weighted by atomic mass is 10.1. The molecule has 0 saturated carbocycles. The third-order valence-electron chi connectivity index (χ3n) is 3.67. The van der Waals surface area contributed by atoms with E-state index in [9.17, 15) is 19.8 Å². The Morgan fingerprint density at radius 2 is 2.00 bits per heavy atom. The maximum Gasteiger partial charge on any atom is 0.364 e. The van der Waals surface area contributed by atoms with Gasteiger partial charge in [-0.3, -0.25) is 4.79 Å². The molecular weight excluding hydrogens is 338 g/mol. The molecule has 26 heavy (non-hydrogen) atoms. The van der Waals surface area contributed by atoms with Crippen LogP contribution in [0, 0.1) is 0 Å². The van der Waals surface area contributed by atoms with Crippen molar-refractivity contribution in [2.75, 3.05) is 11.9 Å². The number of aromatic hydroxyl groups is 2. The SMILES string of the molecule is CCCOc1cccc(C(=O)Nc2c(O)c3ccc(O)cc3oc2=O)c1. The first-order valence-corrected chi connectivity index (χ1v) is 8.02. The summed E-state index contributed by atoms with van der Waals surface area (Å²) in [6.07, 6.45) is 0.831. The number of fused-ring (bicyclic) bond motifs is 1. The number of carbonyl (C=O) groups excluding carboxylic acids is 1. The predicted octanol–water partition coefficient (Wildman–Crippen LogP) is 3.25. The summed E-state index contributed by atoms with van der Waals surface area (Å²) in [4.78, 5) is 24.5. The molecule has 1 heterocycles. The number of nitrogens with one attached hydrogen (secondary N) is 1. The van der Waals surface area contributed by atoms with Gasteiger partial charge >= 0.3 is 5.63 Å². The van der Waals surface area contributed by atoms with Crippen molar-refractivity contribution in [1.82, 2.24) is 0 Å². The molecule has 0 saturated heterocycles. The van der Waals surface area contributed by atoms with Gasteiger partial charge < -0.3 is 24.7 Å². The average Bonchev–Trinajstić information content (AvgIpc) is 2.63. The molecule has 7 heteroatoms. The number of ether oxygens (including phenoxy) is 1. The summed E-state index contributed by atoms with van der Waals surface area (Å²) in [5.74, 6) is -0.596. The smallest absolute Gasteiger partial charge is 0.364 e. The first-order chi connectivity index (χ1) is 12.5. The summed E-state index contributed by atoms with van der Waals surface area (Å²) in [7, 11) is 0. The van der Waals surface area contributed by atoms with Crippen LogP contribution in [0.3, 0.4) is 0 Å². The van der Waals surface area contributed by atoms with E-state index in [1.165, 1.54) is 18.2 Å². The van der Waals surface area contributed by atoms with Crippen molar-refractivity contribution in [3.05, 3.63) is 58.4 Å².